The topological polar surface area (TPSA) is 73.4 Å². The molecule has 2 N–H and O–H groups in total. The number of anilines is 4. The maximum atomic E-state index is 14.0. The van der Waals surface area contributed by atoms with E-state index in [-0.39, 0.29) is 5.69 Å². The Balaban J connectivity index is 1.82. The number of hydrogen-bond acceptors (Lipinski definition) is 6. The van der Waals surface area contributed by atoms with E-state index in [9.17, 15) is 18.0 Å². The third kappa shape index (κ3) is 6.83. The van der Waals surface area contributed by atoms with Gasteiger partial charge in [0.15, 0.2) is 0 Å². The third-order valence-corrected chi connectivity index (χ3v) is 6.28. The lowest BCUT2D eigenvalue weighted by molar-refractivity contribution is -0.137. The molecule has 0 saturated carbocycles. The summed E-state index contributed by atoms with van der Waals surface area (Å²) in [7, 11) is 5.74. The van der Waals surface area contributed by atoms with Gasteiger partial charge in [0.25, 0.3) is 5.91 Å². The number of carbonyl (C=O) groups is 1. The number of unbranched alkanes of at least 4 members (excludes halogenated alkanes) is 1. The van der Waals surface area contributed by atoms with Crippen molar-refractivity contribution in [3.05, 3.63) is 84.3 Å². The molecular formula is C29H31F3N6O. The minimum absolute atomic E-state index is 0.108. The lowest BCUT2D eigenvalue weighted by Crippen LogP contribution is -2.27. The van der Waals surface area contributed by atoms with Crippen LogP contribution in [0.2, 0.25) is 0 Å². The molecule has 0 fully saturated rings. The van der Waals surface area contributed by atoms with Gasteiger partial charge in [0.05, 0.1) is 28.1 Å². The number of benzene rings is 3. The first kappa shape index (κ1) is 27.8. The average Bonchev–Trinajstić information content (AvgIpc) is 2.92. The number of halogens is 3. The van der Waals surface area contributed by atoms with Crippen molar-refractivity contribution in [1.29, 1.82) is 0 Å². The molecule has 0 unspecified atom stereocenters. The smallest absolute Gasteiger partial charge is 0.388 e. The maximum Gasteiger partial charge on any atom is 0.416 e. The van der Waals surface area contributed by atoms with Gasteiger partial charge in [0, 0.05) is 36.4 Å². The van der Waals surface area contributed by atoms with Gasteiger partial charge in [-0.15, -0.1) is 0 Å². The predicted molar refractivity (Wildman–Crippen MR) is 150 cm³/mol. The van der Waals surface area contributed by atoms with Crippen LogP contribution in [0, 0.1) is 0 Å². The number of alkyl halides is 3. The minimum atomic E-state index is -4.58. The van der Waals surface area contributed by atoms with Crippen molar-refractivity contribution in [3.8, 4) is 0 Å². The summed E-state index contributed by atoms with van der Waals surface area (Å²) in [4.78, 5) is 25.7. The molecule has 0 radical (unpaired) electrons. The van der Waals surface area contributed by atoms with E-state index < -0.39 is 17.6 Å². The lowest BCUT2D eigenvalue weighted by Gasteiger charge is -2.27. The van der Waals surface area contributed by atoms with Crippen LogP contribution in [0.25, 0.3) is 10.9 Å². The number of nitrogens with zero attached hydrogens (tertiary/aromatic N) is 4. The van der Waals surface area contributed by atoms with E-state index in [0.29, 0.717) is 34.4 Å². The fourth-order valence-electron chi connectivity index (χ4n) is 4.20. The van der Waals surface area contributed by atoms with Gasteiger partial charge < -0.3 is 15.5 Å². The largest absolute Gasteiger partial charge is 0.416 e. The molecule has 0 aliphatic heterocycles. The van der Waals surface area contributed by atoms with Crippen molar-refractivity contribution < 1.29 is 18.0 Å². The Hall–Kier alpha value is -4.18. The summed E-state index contributed by atoms with van der Waals surface area (Å²) in [6.07, 6.45) is 0.164. The van der Waals surface area contributed by atoms with Crippen LogP contribution in [-0.4, -0.2) is 55.0 Å². The van der Waals surface area contributed by atoms with Crippen LogP contribution in [0.3, 0.4) is 0 Å². The Bertz CT molecular complexity index is 1420. The quantitative estimate of drug-likeness (QED) is 0.228. The van der Waals surface area contributed by atoms with Crippen molar-refractivity contribution in [2.24, 2.45) is 0 Å². The van der Waals surface area contributed by atoms with Crippen LogP contribution in [0.15, 0.2) is 73.2 Å². The molecule has 0 atom stereocenters. The Labute approximate surface area is 225 Å². The molecule has 204 valence electrons. The molecule has 3 aromatic carbocycles. The van der Waals surface area contributed by atoms with Gasteiger partial charge in [-0.25, -0.2) is 9.97 Å². The van der Waals surface area contributed by atoms with Gasteiger partial charge in [-0.3, -0.25) is 9.69 Å². The zero-order valence-electron chi connectivity index (χ0n) is 22.1. The molecule has 7 nitrogen and oxygen atoms in total. The molecule has 0 spiro atoms. The summed E-state index contributed by atoms with van der Waals surface area (Å²) < 4.78 is 41.6. The van der Waals surface area contributed by atoms with E-state index >= 15 is 0 Å². The SMILES string of the molecule is CNc1ccc(C(=O)N(c2ccc3ncncc3c2)c2cc(C(F)(F)F)ccc2NCCCCN(C)C)cc1. The summed E-state index contributed by atoms with van der Waals surface area (Å²) in [6, 6.07) is 15.3. The van der Waals surface area contributed by atoms with Crippen LogP contribution in [0.1, 0.15) is 28.8 Å². The highest BCUT2D eigenvalue weighted by Gasteiger charge is 2.33. The zero-order valence-corrected chi connectivity index (χ0v) is 22.1. The molecule has 0 aliphatic rings. The lowest BCUT2D eigenvalue weighted by atomic mass is 10.1. The second-order valence-electron chi connectivity index (χ2n) is 9.40. The molecule has 1 aromatic heterocycles. The number of fused-ring (bicyclic) bond motifs is 1. The van der Waals surface area contributed by atoms with Crippen molar-refractivity contribution in [2.75, 3.05) is 49.8 Å². The van der Waals surface area contributed by atoms with Crippen LogP contribution in [-0.2, 0) is 6.18 Å². The maximum absolute atomic E-state index is 14.0. The Morgan fingerprint density at radius 1 is 0.974 bits per heavy atom. The molecule has 4 rings (SSSR count). The summed E-state index contributed by atoms with van der Waals surface area (Å²) in [5.74, 6) is -0.469. The van der Waals surface area contributed by atoms with Gasteiger partial charge in [-0.1, -0.05) is 0 Å². The van der Waals surface area contributed by atoms with E-state index in [1.165, 1.54) is 17.3 Å². The molecule has 39 heavy (non-hydrogen) atoms. The van der Waals surface area contributed by atoms with Gasteiger partial charge >= 0.3 is 6.18 Å². The summed E-state index contributed by atoms with van der Waals surface area (Å²) in [6.45, 7) is 1.44. The van der Waals surface area contributed by atoms with Crippen molar-refractivity contribution in [1.82, 2.24) is 14.9 Å². The Kier molecular flexibility index (Phi) is 8.65. The molecule has 1 amide bonds. The molecule has 0 bridgehead atoms. The highest BCUT2D eigenvalue weighted by atomic mass is 19.4. The van der Waals surface area contributed by atoms with Gasteiger partial charge in [0.1, 0.15) is 6.33 Å². The normalized spacial score (nSPS) is 11.6. The predicted octanol–water partition coefficient (Wildman–Crippen LogP) is 6.42. The molecule has 0 saturated heterocycles. The number of amides is 1. The number of aromatic nitrogens is 2. The molecule has 1 heterocycles. The van der Waals surface area contributed by atoms with Crippen molar-refractivity contribution >= 4 is 39.6 Å². The van der Waals surface area contributed by atoms with E-state index in [4.69, 9.17) is 0 Å². The van der Waals surface area contributed by atoms with Crippen molar-refractivity contribution in [3.63, 3.8) is 0 Å². The third-order valence-electron chi connectivity index (χ3n) is 6.28. The van der Waals surface area contributed by atoms with E-state index in [0.717, 1.165) is 37.2 Å². The van der Waals surface area contributed by atoms with Gasteiger partial charge in [-0.2, -0.15) is 13.2 Å². The average molecular weight is 537 g/mol. The standard InChI is InChI=1S/C29H31F3N6O/c1-33-23-9-6-20(7-10-23)28(39)38(24-11-13-25-21(16-24)18-34-19-36-25)27-17-22(29(30,31)32)8-12-26(27)35-14-4-5-15-37(2)3/h6-13,16-19,33,35H,4-5,14-15H2,1-3H3. The summed E-state index contributed by atoms with van der Waals surface area (Å²) >= 11 is 0. The zero-order chi connectivity index (χ0) is 28.0. The van der Waals surface area contributed by atoms with Crippen LogP contribution in [0.5, 0.6) is 0 Å². The first-order chi connectivity index (χ1) is 18.7. The van der Waals surface area contributed by atoms with Crippen LogP contribution >= 0.6 is 0 Å². The van der Waals surface area contributed by atoms with E-state index in [2.05, 4.69) is 25.5 Å². The Morgan fingerprint density at radius 2 is 1.74 bits per heavy atom. The number of nitrogens with one attached hydrogen (secondary N) is 2. The van der Waals surface area contributed by atoms with E-state index in [1.54, 1.807) is 55.7 Å². The molecule has 4 aromatic rings. The van der Waals surface area contributed by atoms with Crippen LogP contribution < -0.4 is 15.5 Å². The van der Waals surface area contributed by atoms with E-state index in [1.807, 2.05) is 14.1 Å². The van der Waals surface area contributed by atoms with Gasteiger partial charge in [-0.05, 0) is 94.1 Å². The highest BCUT2D eigenvalue weighted by Crippen LogP contribution is 2.40. The number of hydrogen-bond donors (Lipinski definition) is 2. The minimum Gasteiger partial charge on any atom is -0.388 e. The van der Waals surface area contributed by atoms with Crippen LogP contribution in [0.4, 0.5) is 35.9 Å². The first-order valence-corrected chi connectivity index (χ1v) is 12.6. The van der Waals surface area contributed by atoms with Crippen molar-refractivity contribution in [2.45, 2.75) is 19.0 Å². The molecular weight excluding hydrogens is 505 g/mol. The summed E-state index contributed by atoms with van der Waals surface area (Å²) in [5, 5.41) is 6.92. The summed E-state index contributed by atoms with van der Waals surface area (Å²) in [5.41, 5.74) is 1.88. The Morgan fingerprint density at radius 3 is 2.44 bits per heavy atom. The van der Waals surface area contributed by atoms with Gasteiger partial charge in [0.2, 0.25) is 0 Å². The number of rotatable bonds is 10. The monoisotopic (exact) mass is 536 g/mol. The fraction of sp³-hybridized carbons (Fsp3) is 0.276. The molecule has 10 heteroatoms. The molecule has 0 aliphatic carbocycles. The second kappa shape index (κ2) is 12.1. The fourth-order valence-corrected chi connectivity index (χ4v) is 4.20. The second-order valence-corrected chi connectivity index (χ2v) is 9.40. The first-order valence-electron chi connectivity index (χ1n) is 12.6. The highest BCUT2D eigenvalue weighted by molar-refractivity contribution is 6.13. The number of carbonyl (C=O) groups excluding carboxylic acids is 1.